The second-order valence-corrected chi connectivity index (χ2v) is 6.25. The Morgan fingerprint density at radius 3 is 2.52 bits per heavy atom. The summed E-state index contributed by atoms with van der Waals surface area (Å²) in [6.45, 7) is 1.39. The zero-order valence-corrected chi connectivity index (χ0v) is 19.2. The number of hydrogen-bond acceptors (Lipinski definition) is 4. The number of carbonyl (C=O) groups excluding carboxylic acids is 1. The number of guanidine groups is 1. The number of benzene rings is 1. The van der Waals surface area contributed by atoms with Crippen LogP contribution in [0.5, 0.6) is 5.75 Å². The fourth-order valence-electron chi connectivity index (χ4n) is 2.38. The molecule has 29 heavy (non-hydrogen) atoms. The zero-order chi connectivity index (χ0) is 21.0. The number of hydrogen-bond donors (Lipinski definition) is 2. The second kappa shape index (κ2) is 14.3. The van der Waals surface area contributed by atoms with Crippen molar-refractivity contribution in [1.82, 2.24) is 10.6 Å². The van der Waals surface area contributed by atoms with Crippen molar-refractivity contribution in [2.75, 3.05) is 27.3 Å². The van der Waals surface area contributed by atoms with Gasteiger partial charge in [0.25, 0.3) is 0 Å². The van der Waals surface area contributed by atoms with Crippen LogP contribution in [0.2, 0.25) is 0 Å². The van der Waals surface area contributed by atoms with Crippen LogP contribution >= 0.6 is 24.0 Å². The monoisotopic (exact) mass is 531 g/mol. The van der Waals surface area contributed by atoms with Gasteiger partial charge >= 0.3 is 12.1 Å². The van der Waals surface area contributed by atoms with Gasteiger partial charge in [0, 0.05) is 32.1 Å². The van der Waals surface area contributed by atoms with Crippen molar-refractivity contribution >= 4 is 35.9 Å². The molecule has 10 heteroatoms. The maximum Gasteiger partial charge on any atom is 0.422 e. The molecule has 0 radical (unpaired) electrons. The van der Waals surface area contributed by atoms with Crippen LogP contribution in [0.25, 0.3) is 0 Å². The van der Waals surface area contributed by atoms with E-state index in [2.05, 4.69) is 20.4 Å². The summed E-state index contributed by atoms with van der Waals surface area (Å²) in [5.74, 6) is 0.519. The van der Waals surface area contributed by atoms with E-state index in [1.807, 2.05) is 6.07 Å². The Kier molecular flexibility index (Phi) is 13.4. The number of carbonyl (C=O) groups is 1. The van der Waals surface area contributed by atoms with Crippen molar-refractivity contribution < 1.29 is 27.4 Å². The lowest BCUT2D eigenvalue weighted by Gasteiger charge is -2.16. The van der Waals surface area contributed by atoms with Gasteiger partial charge in [-0.25, -0.2) is 0 Å². The Morgan fingerprint density at radius 1 is 1.17 bits per heavy atom. The highest BCUT2D eigenvalue weighted by molar-refractivity contribution is 14.0. The Bertz CT molecular complexity index is 655. The van der Waals surface area contributed by atoms with Crippen molar-refractivity contribution in [2.45, 2.75) is 45.3 Å². The van der Waals surface area contributed by atoms with E-state index in [-0.39, 0.29) is 42.2 Å². The van der Waals surface area contributed by atoms with Crippen LogP contribution < -0.4 is 15.4 Å². The molecule has 0 unspecified atom stereocenters. The lowest BCUT2D eigenvalue weighted by atomic mass is 10.1. The van der Waals surface area contributed by atoms with Crippen LogP contribution in [0.1, 0.15) is 36.8 Å². The molecule has 0 saturated carbocycles. The third-order valence-corrected chi connectivity index (χ3v) is 3.86. The van der Waals surface area contributed by atoms with E-state index in [1.165, 1.54) is 7.11 Å². The highest BCUT2D eigenvalue weighted by Crippen LogP contribution is 2.23. The van der Waals surface area contributed by atoms with Gasteiger partial charge in [-0.3, -0.25) is 9.79 Å². The van der Waals surface area contributed by atoms with E-state index in [9.17, 15) is 18.0 Å². The molecule has 1 aromatic carbocycles. The predicted molar refractivity (Wildman–Crippen MR) is 117 cm³/mol. The average molecular weight is 531 g/mol. The van der Waals surface area contributed by atoms with Crippen molar-refractivity contribution in [3.05, 3.63) is 29.3 Å². The Labute approximate surface area is 186 Å². The first-order valence-electron chi connectivity index (χ1n) is 9.05. The molecule has 0 atom stereocenters. The standard InChI is InChI=1S/C19H28F3N3O3.HI/c1-14-8-9-15(16(11-14)28-13-19(20,21)22)12-25-18(23-2)24-10-6-4-5-7-17(26)27-3;/h8-9,11H,4-7,10,12-13H2,1-3H3,(H2,23,24,25);1H. The Balaban J connectivity index is 0.00000784. The molecule has 0 aliphatic heterocycles. The summed E-state index contributed by atoms with van der Waals surface area (Å²) in [7, 11) is 2.98. The van der Waals surface area contributed by atoms with Gasteiger partial charge in [-0.2, -0.15) is 13.2 Å². The minimum atomic E-state index is -4.39. The first-order valence-corrected chi connectivity index (χ1v) is 9.05. The van der Waals surface area contributed by atoms with Crippen molar-refractivity contribution in [3.8, 4) is 5.75 Å². The van der Waals surface area contributed by atoms with Crippen LogP contribution in [0.4, 0.5) is 13.2 Å². The maximum absolute atomic E-state index is 12.4. The minimum absolute atomic E-state index is 0. The van der Waals surface area contributed by atoms with Crippen molar-refractivity contribution in [3.63, 3.8) is 0 Å². The summed E-state index contributed by atoms with van der Waals surface area (Å²) in [6, 6.07) is 5.13. The molecule has 2 N–H and O–H groups in total. The van der Waals surface area contributed by atoms with E-state index < -0.39 is 12.8 Å². The van der Waals surface area contributed by atoms with Gasteiger partial charge in [0.1, 0.15) is 5.75 Å². The summed E-state index contributed by atoms with van der Waals surface area (Å²) < 4.78 is 46.8. The van der Waals surface area contributed by atoms with Gasteiger partial charge in [0.2, 0.25) is 0 Å². The van der Waals surface area contributed by atoms with E-state index in [4.69, 9.17) is 4.74 Å². The number of ether oxygens (including phenoxy) is 2. The first-order chi connectivity index (χ1) is 13.2. The SMILES string of the molecule is CN=C(NCCCCCC(=O)OC)NCc1ccc(C)cc1OCC(F)(F)F.I. The molecule has 6 nitrogen and oxygen atoms in total. The van der Waals surface area contributed by atoms with E-state index in [1.54, 1.807) is 26.1 Å². The molecule has 0 aromatic heterocycles. The summed E-state index contributed by atoms with van der Waals surface area (Å²) in [5.41, 5.74) is 1.42. The molecule has 166 valence electrons. The molecule has 0 fully saturated rings. The third-order valence-electron chi connectivity index (χ3n) is 3.86. The van der Waals surface area contributed by atoms with Crippen LogP contribution in [0.15, 0.2) is 23.2 Å². The largest absolute Gasteiger partial charge is 0.484 e. The normalized spacial score (nSPS) is 11.4. The number of halogens is 4. The third kappa shape index (κ3) is 12.4. The fourth-order valence-corrected chi connectivity index (χ4v) is 2.38. The number of aliphatic imine (C=N–C) groups is 1. The maximum atomic E-state index is 12.4. The van der Waals surface area contributed by atoms with E-state index in [0.29, 0.717) is 24.5 Å². The fraction of sp³-hybridized carbons (Fsp3) is 0.579. The zero-order valence-electron chi connectivity index (χ0n) is 16.9. The second-order valence-electron chi connectivity index (χ2n) is 6.25. The highest BCUT2D eigenvalue weighted by atomic mass is 127. The molecule has 0 amide bonds. The first kappa shape index (κ1) is 27.3. The summed E-state index contributed by atoms with van der Waals surface area (Å²) in [5, 5.41) is 6.20. The topological polar surface area (TPSA) is 72.0 Å². The van der Waals surface area contributed by atoms with Crippen LogP contribution in [-0.2, 0) is 16.1 Å². The summed E-state index contributed by atoms with van der Waals surface area (Å²) >= 11 is 0. The number of alkyl halides is 3. The molecule has 0 aliphatic carbocycles. The lowest BCUT2D eigenvalue weighted by molar-refractivity contribution is -0.153. The van der Waals surface area contributed by atoms with Gasteiger partial charge < -0.3 is 20.1 Å². The highest BCUT2D eigenvalue weighted by Gasteiger charge is 2.28. The summed E-state index contributed by atoms with van der Waals surface area (Å²) in [6.07, 6.45) is -1.52. The number of nitrogens with zero attached hydrogens (tertiary/aromatic N) is 1. The number of unbranched alkanes of at least 4 members (excludes halogenated alkanes) is 2. The molecule has 0 saturated heterocycles. The van der Waals surface area contributed by atoms with Gasteiger partial charge in [-0.15, -0.1) is 24.0 Å². The van der Waals surface area contributed by atoms with Gasteiger partial charge in [-0.1, -0.05) is 18.6 Å². The quantitative estimate of drug-likeness (QED) is 0.157. The molecule has 0 spiro atoms. The van der Waals surface area contributed by atoms with E-state index in [0.717, 1.165) is 24.8 Å². The van der Waals surface area contributed by atoms with Crippen LogP contribution in [0, 0.1) is 6.92 Å². The van der Waals surface area contributed by atoms with Gasteiger partial charge in [-0.05, 0) is 31.4 Å². The number of methoxy groups -OCH3 is 1. The van der Waals surface area contributed by atoms with E-state index >= 15 is 0 Å². The Morgan fingerprint density at radius 2 is 1.90 bits per heavy atom. The molecular formula is C19H29F3IN3O3. The van der Waals surface area contributed by atoms with Crippen molar-refractivity contribution in [2.24, 2.45) is 4.99 Å². The number of esters is 1. The van der Waals surface area contributed by atoms with Crippen LogP contribution in [-0.4, -0.2) is 45.4 Å². The smallest absolute Gasteiger partial charge is 0.422 e. The van der Waals surface area contributed by atoms with Gasteiger partial charge in [0.05, 0.1) is 7.11 Å². The summed E-state index contributed by atoms with van der Waals surface area (Å²) in [4.78, 5) is 15.1. The molecule has 0 heterocycles. The molecule has 1 rings (SSSR count). The number of aryl methyl sites for hydroxylation is 1. The molecule has 0 aliphatic rings. The lowest BCUT2D eigenvalue weighted by Crippen LogP contribution is -2.37. The Hall–Kier alpha value is -1.72. The number of nitrogens with one attached hydrogen (secondary N) is 2. The molecular weight excluding hydrogens is 502 g/mol. The number of rotatable bonds is 10. The predicted octanol–water partition coefficient (Wildman–Crippen LogP) is 3.95. The molecule has 0 bridgehead atoms. The van der Waals surface area contributed by atoms with Crippen LogP contribution in [0.3, 0.4) is 0 Å². The van der Waals surface area contributed by atoms with Gasteiger partial charge in [0.15, 0.2) is 12.6 Å². The molecule has 1 aromatic rings. The average Bonchev–Trinajstić information content (AvgIpc) is 2.65. The van der Waals surface area contributed by atoms with Crippen molar-refractivity contribution in [1.29, 1.82) is 0 Å². The minimum Gasteiger partial charge on any atom is -0.484 e.